The van der Waals surface area contributed by atoms with Gasteiger partial charge in [0.05, 0.1) is 0 Å². The van der Waals surface area contributed by atoms with Gasteiger partial charge in [-0.3, -0.25) is 0 Å². The lowest BCUT2D eigenvalue weighted by molar-refractivity contribution is 0.181. The van der Waals surface area contributed by atoms with Crippen LogP contribution < -0.4 is 0 Å². The minimum Gasteiger partial charge on any atom is -0.0991 e. The molecule has 1 saturated carbocycles. The summed E-state index contributed by atoms with van der Waals surface area (Å²) >= 11 is 0. The lowest BCUT2D eigenvalue weighted by atomic mass is 9.69. The van der Waals surface area contributed by atoms with Crippen LogP contribution in [0.15, 0.2) is 24.8 Å². The smallest absolute Gasteiger partial charge is 0.0143 e. The first kappa shape index (κ1) is 11.6. The van der Waals surface area contributed by atoms with Gasteiger partial charge in [0, 0.05) is 0 Å². The molecular weight excluding hydrogens is 168 g/mol. The maximum Gasteiger partial charge on any atom is -0.0143 e. The largest absolute Gasteiger partial charge is 0.0991 e. The highest BCUT2D eigenvalue weighted by Crippen LogP contribution is 2.40. The van der Waals surface area contributed by atoms with E-state index in [1.54, 1.807) is 0 Å². The Morgan fingerprint density at radius 2 is 1.71 bits per heavy atom. The average Bonchev–Trinajstić information content (AvgIpc) is 2.16. The molecule has 0 aliphatic heterocycles. The predicted octanol–water partition coefficient (Wildman–Crippen LogP) is 4.58. The van der Waals surface area contributed by atoms with Crippen LogP contribution in [-0.2, 0) is 0 Å². The average molecular weight is 192 g/mol. The second kappa shape index (κ2) is 4.82. The summed E-state index contributed by atoms with van der Waals surface area (Å²) in [5, 5.41) is 0. The van der Waals surface area contributed by atoms with Gasteiger partial charge in [0.2, 0.25) is 0 Å². The molecule has 0 aromatic heterocycles. The summed E-state index contributed by atoms with van der Waals surface area (Å²) in [6.45, 7) is 10.8. The fourth-order valence-electron chi connectivity index (χ4n) is 2.46. The van der Waals surface area contributed by atoms with Crippen LogP contribution in [0.1, 0.15) is 46.5 Å². The third-order valence-electron chi connectivity index (χ3n) is 3.73. The quantitative estimate of drug-likeness (QED) is 0.574. The standard InChI is InChI=1S/C14H24/c1-5-6-11-14(3,4)13-9-7-12(2)8-10-13/h5-6,11-13H,1,7-10H2,2-4H3/b11-6+. The molecule has 1 aliphatic carbocycles. The molecule has 0 unspecified atom stereocenters. The Kier molecular flexibility index (Phi) is 3.97. The van der Waals surface area contributed by atoms with Gasteiger partial charge in [-0.2, -0.15) is 0 Å². The second-order valence-electron chi connectivity index (χ2n) is 5.37. The van der Waals surface area contributed by atoms with Crippen LogP contribution in [-0.4, -0.2) is 0 Å². The Labute approximate surface area is 89.1 Å². The van der Waals surface area contributed by atoms with Gasteiger partial charge in [-0.25, -0.2) is 0 Å². The minimum atomic E-state index is 0.355. The molecular formula is C14H24. The Bertz CT molecular complexity index is 202. The monoisotopic (exact) mass is 192 g/mol. The van der Waals surface area contributed by atoms with Gasteiger partial charge in [-0.05, 0) is 30.1 Å². The van der Waals surface area contributed by atoms with E-state index in [2.05, 4.69) is 39.5 Å². The Morgan fingerprint density at radius 3 is 2.21 bits per heavy atom. The van der Waals surface area contributed by atoms with Gasteiger partial charge in [-0.15, -0.1) is 0 Å². The van der Waals surface area contributed by atoms with Gasteiger partial charge in [0.15, 0.2) is 0 Å². The Balaban J connectivity index is 2.54. The normalized spacial score (nSPS) is 29.4. The van der Waals surface area contributed by atoms with E-state index in [-0.39, 0.29) is 0 Å². The van der Waals surface area contributed by atoms with Crippen molar-refractivity contribution < 1.29 is 0 Å². The molecule has 0 heteroatoms. The fraction of sp³-hybridized carbons (Fsp3) is 0.714. The van der Waals surface area contributed by atoms with E-state index >= 15 is 0 Å². The molecule has 80 valence electrons. The van der Waals surface area contributed by atoms with Gasteiger partial charge in [-0.1, -0.05) is 58.4 Å². The van der Waals surface area contributed by atoms with Crippen LogP contribution in [0.2, 0.25) is 0 Å². The number of hydrogen-bond acceptors (Lipinski definition) is 0. The first-order valence-corrected chi connectivity index (χ1v) is 5.86. The first-order valence-electron chi connectivity index (χ1n) is 5.86. The number of rotatable bonds is 3. The lowest BCUT2D eigenvalue weighted by Crippen LogP contribution is -2.26. The Morgan fingerprint density at radius 1 is 1.14 bits per heavy atom. The van der Waals surface area contributed by atoms with Crippen LogP contribution in [0.25, 0.3) is 0 Å². The van der Waals surface area contributed by atoms with Gasteiger partial charge in [0.1, 0.15) is 0 Å². The van der Waals surface area contributed by atoms with Crippen molar-refractivity contribution in [2.24, 2.45) is 17.3 Å². The van der Waals surface area contributed by atoms with Crippen molar-refractivity contribution in [2.45, 2.75) is 46.5 Å². The van der Waals surface area contributed by atoms with Gasteiger partial charge in [0.25, 0.3) is 0 Å². The molecule has 1 aliphatic rings. The van der Waals surface area contributed by atoms with Crippen molar-refractivity contribution in [3.05, 3.63) is 24.8 Å². The second-order valence-corrected chi connectivity index (χ2v) is 5.37. The minimum absolute atomic E-state index is 0.355. The summed E-state index contributed by atoms with van der Waals surface area (Å²) in [5.74, 6) is 1.82. The zero-order chi connectivity index (χ0) is 10.6. The van der Waals surface area contributed by atoms with E-state index < -0.39 is 0 Å². The van der Waals surface area contributed by atoms with Crippen LogP contribution in [0, 0.1) is 17.3 Å². The third kappa shape index (κ3) is 3.01. The van der Waals surface area contributed by atoms with E-state index in [1.165, 1.54) is 25.7 Å². The Hall–Kier alpha value is -0.520. The first-order chi connectivity index (χ1) is 6.56. The van der Waals surface area contributed by atoms with Crippen molar-refractivity contribution in [1.82, 2.24) is 0 Å². The molecule has 0 spiro atoms. The van der Waals surface area contributed by atoms with E-state index in [9.17, 15) is 0 Å². The molecule has 1 rings (SSSR count). The molecule has 0 nitrogen and oxygen atoms in total. The van der Waals surface area contributed by atoms with Crippen LogP contribution in [0.3, 0.4) is 0 Å². The summed E-state index contributed by atoms with van der Waals surface area (Å²) in [6.07, 6.45) is 11.9. The fourth-order valence-corrected chi connectivity index (χ4v) is 2.46. The van der Waals surface area contributed by atoms with Crippen LogP contribution >= 0.6 is 0 Å². The molecule has 14 heavy (non-hydrogen) atoms. The van der Waals surface area contributed by atoms with E-state index in [4.69, 9.17) is 0 Å². The molecule has 0 bridgehead atoms. The molecule has 0 atom stereocenters. The molecule has 0 heterocycles. The molecule has 0 aromatic rings. The summed E-state index contributed by atoms with van der Waals surface area (Å²) in [5.41, 5.74) is 0.355. The highest BCUT2D eigenvalue weighted by molar-refractivity contribution is 5.06. The predicted molar refractivity (Wildman–Crippen MR) is 64.2 cm³/mol. The van der Waals surface area contributed by atoms with Crippen molar-refractivity contribution >= 4 is 0 Å². The third-order valence-corrected chi connectivity index (χ3v) is 3.73. The summed E-state index contributed by atoms with van der Waals surface area (Å²) < 4.78 is 0. The summed E-state index contributed by atoms with van der Waals surface area (Å²) in [6, 6.07) is 0. The maximum absolute atomic E-state index is 3.73. The highest BCUT2D eigenvalue weighted by atomic mass is 14.3. The van der Waals surface area contributed by atoms with E-state index in [1.807, 2.05) is 6.08 Å². The summed E-state index contributed by atoms with van der Waals surface area (Å²) in [4.78, 5) is 0. The van der Waals surface area contributed by atoms with Crippen molar-refractivity contribution in [3.8, 4) is 0 Å². The van der Waals surface area contributed by atoms with Gasteiger partial charge >= 0.3 is 0 Å². The zero-order valence-corrected chi connectivity index (χ0v) is 9.92. The zero-order valence-electron chi connectivity index (χ0n) is 9.92. The van der Waals surface area contributed by atoms with Crippen LogP contribution in [0.4, 0.5) is 0 Å². The lowest BCUT2D eigenvalue weighted by Gasteiger charge is -2.36. The molecule has 1 fully saturated rings. The van der Waals surface area contributed by atoms with Crippen molar-refractivity contribution in [2.75, 3.05) is 0 Å². The van der Waals surface area contributed by atoms with Crippen LogP contribution in [0.5, 0.6) is 0 Å². The maximum atomic E-state index is 3.73. The van der Waals surface area contributed by atoms with E-state index in [0.29, 0.717) is 5.41 Å². The van der Waals surface area contributed by atoms with Gasteiger partial charge < -0.3 is 0 Å². The number of hydrogen-bond donors (Lipinski definition) is 0. The molecule has 0 N–H and O–H groups in total. The highest BCUT2D eigenvalue weighted by Gasteiger charge is 2.29. The van der Waals surface area contributed by atoms with Crippen molar-refractivity contribution in [3.63, 3.8) is 0 Å². The molecule has 0 radical (unpaired) electrons. The molecule has 0 aromatic carbocycles. The van der Waals surface area contributed by atoms with Crippen molar-refractivity contribution in [1.29, 1.82) is 0 Å². The summed E-state index contributed by atoms with van der Waals surface area (Å²) in [7, 11) is 0. The van der Waals surface area contributed by atoms with E-state index in [0.717, 1.165) is 11.8 Å². The molecule has 0 saturated heterocycles. The molecule has 0 amide bonds. The topological polar surface area (TPSA) is 0 Å². The number of allylic oxidation sites excluding steroid dienone is 3. The SMILES string of the molecule is C=C/C=C/C(C)(C)C1CCC(C)CC1.